The lowest BCUT2D eigenvalue weighted by Crippen LogP contribution is -2.33. The summed E-state index contributed by atoms with van der Waals surface area (Å²) in [5, 5.41) is 0. The van der Waals surface area contributed by atoms with Gasteiger partial charge in [-0.25, -0.2) is 0 Å². The molecule has 2 aliphatic rings. The van der Waals surface area contributed by atoms with Crippen LogP contribution in [0.25, 0.3) is 0 Å². The van der Waals surface area contributed by atoms with Crippen LogP contribution in [0.15, 0.2) is 24.3 Å². The summed E-state index contributed by atoms with van der Waals surface area (Å²) in [4.78, 5) is 0. The SMILES string of the molecule is NCC1(c2ccccc2C2CC2)CCCC1. The first-order valence-electron chi connectivity index (χ1n) is 6.65. The third-order valence-electron chi connectivity index (χ3n) is 4.50. The molecule has 86 valence electrons. The lowest BCUT2D eigenvalue weighted by molar-refractivity contribution is 0.449. The molecule has 1 nitrogen and oxygen atoms in total. The van der Waals surface area contributed by atoms with Gasteiger partial charge in [-0.1, -0.05) is 37.1 Å². The van der Waals surface area contributed by atoms with E-state index in [9.17, 15) is 0 Å². The Balaban J connectivity index is 2.03. The van der Waals surface area contributed by atoms with Gasteiger partial charge in [0.25, 0.3) is 0 Å². The molecule has 0 amide bonds. The number of hydrogen-bond acceptors (Lipinski definition) is 1. The highest BCUT2D eigenvalue weighted by atomic mass is 14.6. The standard InChI is InChI=1S/C15H21N/c16-11-15(9-3-4-10-15)14-6-2-1-5-13(14)12-7-8-12/h1-2,5-6,12H,3-4,7-11,16H2. The molecule has 1 aromatic carbocycles. The van der Waals surface area contributed by atoms with Crippen LogP contribution >= 0.6 is 0 Å². The molecule has 1 aromatic rings. The van der Waals surface area contributed by atoms with Gasteiger partial charge in [-0.05, 0) is 42.7 Å². The van der Waals surface area contributed by atoms with Crippen LogP contribution in [0.3, 0.4) is 0 Å². The van der Waals surface area contributed by atoms with E-state index in [-0.39, 0.29) is 0 Å². The van der Waals surface area contributed by atoms with E-state index in [2.05, 4.69) is 24.3 Å². The monoisotopic (exact) mass is 215 g/mol. The fraction of sp³-hybridized carbons (Fsp3) is 0.600. The topological polar surface area (TPSA) is 26.0 Å². The van der Waals surface area contributed by atoms with Crippen molar-refractivity contribution in [2.24, 2.45) is 5.73 Å². The van der Waals surface area contributed by atoms with Gasteiger partial charge in [0.05, 0.1) is 0 Å². The molecular weight excluding hydrogens is 194 g/mol. The second kappa shape index (κ2) is 3.89. The molecular formula is C15H21N. The van der Waals surface area contributed by atoms with E-state index in [1.165, 1.54) is 38.5 Å². The predicted molar refractivity (Wildman–Crippen MR) is 67.6 cm³/mol. The molecule has 0 heterocycles. The van der Waals surface area contributed by atoms with Crippen LogP contribution in [0.1, 0.15) is 55.6 Å². The first kappa shape index (κ1) is 10.3. The lowest BCUT2D eigenvalue weighted by Gasteiger charge is -2.30. The Labute approximate surface area is 98.0 Å². The van der Waals surface area contributed by atoms with Gasteiger partial charge >= 0.3 is 0 Å². The first-order valence-corrected chi connectivity index (χ1v) is 6.65. The molecule has 0 bridgehead atoms. The second-order valence-electron chi connectivity index (χ2n) is 5.55. The third kappa shape index (κ3) is 1.58. The molecule has 0 aromatic heterocycles. The van der Waals surface area contributed by atoms with Gasteiger partial charge in [-0.3, -0.25) is 0 Å². The van der Waals surface area contributed by atoms with Crippen molar-refractivity contribution in [1.29, 1.82) is 0 Å². The summed E-state index contributed by atoms with van der Waals surface area (Å²) in [7, 11) is 0. The zero-order chi connectivity index (χ0) is 11.0. The summed E-state index contributed by atoms with van der Waals surface area (Å²) in [6.45, 7) is 0.830. The van der Waals surface area contributed by atoms with Crippen LogP contribution in [0.5, 0.6) is 0 Å². The van der Waals surface area contributed by atoms with Gasteiger partial charge in [0.2, 0.25) is 0 Å². The number of hydrogen-bond donors (Lipinski definition) is 1. The van der Waals surface area contributed by atoms with Crippen molar-refractivity contribution in [3.63, 3.8) is 0 Å². The Bertz CT molecular complexity index is 373. The molecule has 2 aliphatic carbocycles. The minimum absolute atomic E-state index is 0.319. The van der Waals surface area contributed by atoms with Gasteiger partial charge in [-0.2, -0.15) is 0 Å². The quantitative estimate of drug-likeness (QED) is 0.822. The number of nitrogens with two attached hydrogens (primary N) is 1. The van der Waals surface area contributed by atoms with E-state index in [1.54, 1.807) is 11.1 Å². The minimum atomic E-state index is 0.319. The molecule has 0 spiro atoms. The van der Waals surface area contributed by atoms with E-state index in [0.29, 0.717) is 5.41 Å². The van der Waals surface area contributed by atoms with Crippen molar-refractivity contribution < 1.29 is 0 Å². The van der Waals surface area contributed by atoms with E-state index in [1.807, 2.05) is 0 Å². The number of benzene rings is 1. The highest BCUT2D eigenvalue weighted by Gasteiger charge is 2.38. The molecule has 2 saturated carbocycles. The van der Waals surface area contributed by atoms with Crippen molar-refractivity contribution >= 4 is 0 Å². The molecule has 3 rings (SSSR count). The maximum Gasteiger partial charge on any atom is 0.00783 e. The van der Waals surface area contributed by atoms with Gasteiger partial charge < -0.3 is 5.73 Å². The fourth-order valence-corrected chi connectivity index (χ4v) is 3.37. The zero-order valence-electron chi connectivity index (χ0n) is 9.91. The highest BCUT2D eigenvalue weighted by molar-refractivity contribution is 5.40. The van der Waals surface area contributed by atoms with Gasteiger partial charge in [0, 0.05) is 12.0 Å². The van der Waals surface area contributed by atoms with Crippen LogP contribution in [-0.4, -0.2) is 6.54 Å². The Morgan fingerprint density at radius 1 is 1.12 bits per heavy atom. The zero-order valence-corrected chi connectivity index (χ0v) is 9.91. The summed E-state index contributed by atoms with van der Waals surface area (Å²) in [5.41, 5.74) is 9.60. The summed E-state index contributed by atoms with van der Waals surface area (Å²) < 4.78 is 0. The van der Waals surface area contributed by atoms with Crippen molar-refractivity contribution in [1.82, 2.24) is 0 Å². The Morgan fingerprint density at radius 3 is 2.44 bits per heavy atom. The fourth-order valence-electron chi connectivity index (χ4n) is 3.37. The summed E-state index contributed by atoms with van der Waals surface area (Å²) in [6.07, 6.45) is 8.09. The highest BCUT2D eigenvalue weighted by Crippen LogP contribution is 2.48. The summed E-state index contributed by atoms with van der Waals surface area (Å²) in [5.74, 6) is 0.847. The van der Waals surface area contributed by atoms with Crippen molar-refractivity contribution in [3.8, 4) is 0 Å². The lowest BCUT2D eigenvalue weighted by atomic mass is 9.76. The van der Waals surface area contributed by atoms with Gasteiger partial charge in [-0.15, -0.1) is 0 Å². The Hall–Kier alpha value is -0.820. The van der Waals surface area contributed by atoms with Crippen molar-refractivity contribution in [2.45, 2.75) is 49.9 Å². The van der Waals surface area contributed by atoms with Crippen LogP contribution in [0.2, 0.25) is 0 Å². The number of rotatable bonds is 3. The second-order valence-corrected chi connectivity index (χ2v) is 5.55. The first-order chi connectivity index (χ1) is 7.86. The van der Waals surface area contributed by atoms with E-state index >= 15 is 0 Å². The predicted octanol–water partition coefficient (Wildman–Crippen LogP) is 3.33. The summed E-state index contributed by atoms with van der Waals surface area (Å²) in [6, 6.07) is 9.06. The van der Waals surface area contributed by atoms with Crippen LogP contribution < -0.4 is 5.73 Å². The summed E-state index contributed by atoms with van der Waals surface area (Å²) >= 11 is 0. The molecule has 2 fully saturated rings. The van der Waals surface area contributed by atoms with E-state index < -0.39 is 0 Å². The molecule has 0 saturated heterocycles. The van der Waals surface area contributed by atoms with Gasteiger partial charge in [0.15, 0.2) is 0 Å². The average Bonchev–Trinajstić information content (AvgIpc) is 3.08. The molecule has 16 heavy (non-hydrogen) atoms. The molecule has 0 radical (unpaired) electrons. The average molecular weight is 215 g/mol. The molecule has 0 atom stereocenters. The van der Waals surface area contributed by atoms with Crippen molar-refractivity contribution in [2.75, 3.05) is 6.54 Å². The molecule has 0 unspecified atom stereocenters. The van der Waals surface area contributed by atoms with Crippen LogP contribution in [0, 0.1) is 0 Å². The molecule has 2 N–H and O–H groups in total. The van der Waals surface area contributed by atoms with Crippen LogP contribution in [0.4, 0.5) is 0 Å². The van der Waals surface area contributed by atoms with Crippen molar-refractivity contribution in [3.05, 3.63) is 35.4 Å². The Kier molecular flexibility index (Phi) is 2.51. The Morgan fingerprint density at radius 2 is 1.81 bits per heavy atom. The third-order valence-corrected chi connectivity index (χ3v) is 4.50. The van der Waals surface area contributed by atoms with Gasteiger partial charge in [0.1, 0.15) is 0 Å². The van der Waals surface area contributed by atoms with E-state index in [0.717, 1.165) is 12.5 Å². The smallest absolute Gasteiger partial charge is 0.00783 e. The van der Waals surface area contributed by atoms with Crippen LogP contribution in [-0.2, 0) is 5.41 Å². The molecule has 1 heteroatoms. The minimum Gasteiger partial charge on any atom is -0.330 e. The maximum absolute atomic E-state index is 6.09. The largest absolute Gasteiger partial charge is 0.330 e. The molecule has 0 aliphatic heterocycles. The maximum atomic E-state index is 6.09. The normalized spacial score (nSPS) is 23.6. The van der Waals surface area contributed by atoms with E-state index in [4.69, 9.17) is 5.73 Å².